The van der Waals surface area contributed by atoms with Crippen molar-refractivity contribution in [2.75, 3.05) is 13.7 Å². The number of hydrogen-bond donors (Lipinski definition) is 1. The molecule has 1 amide bonds. The lowest BCUT2D eigenvalue weighted by Gasteiger charge is -2.09. The van der Waals surface area contributed by atoms with E-state index in [4.69, 9.17) is 4.74 Å². The number of amides is 1. The zero-order valence-corrected chi connectivity index (χ0v) is 11.2. The van der Waals surface area contributed by atoms with Crippen LogP contribution in [0.2, 0.25) is 0 Å². The van der Waals surface area contributed by atoms with E-state index in [-0.39, 0.29) is 5.91 Å². The van der Waals surface area contributed by atoms with Crippen molar-refractivity contribution in [3.05, 3.63) is 29.3 Å². The first kappa shape index (κ1) is 12.9. The van der Waals surface area contributed by atoms with Crippen molar-refractivity contribution in [2.45, 2.75) is 32.6 Å². The van der Waals surface area contributed by atoms with Crippen LogP contribution < -0.4 is 10.1 Å². The molecule has 0 saturated carbocycles. The molecule has 0 aliphatic heterocycles. The Balaban J connectivity index is 1.84. The van der Waals surface area contributed by atoms with Crippen molar-refractivity contribution in [1.82, 2.24) is 5.32 Å². The lowest BCUT2D eigenvalue weighted by Crippen LogP contribution is -2.25. The highest BCUT2D eigenvalue weighted by molar-refractivity contribution is 5.75. The highest BCUT2D eigenvalue weighted by Gasteiger charge is 2.21. The SMILES string of the molecule is CCC(=O)NCCC1Cc2ccc(OC)cc2C1. The van der Waals surface area contributed by atoms with Crippen molar-refractivity contribution in [2.24, 2.45) is 5.92 Å². The number of nitrogens with one attached hydrogen (secondary N) is 1. The fourth-order valence-electron chi connectivity index (χ4n) is 2.56. The van der Waals surface area contributed by atoms with Crippen molar-refractivity contribution in [1.29, 1.82) is 0 Å². The molecule has 98 valence electrons. The van der Waals surface area contributed by atoms with Crippen LogP contribution in [0.5, 0.6) is 5.75 Å². The molecule has 0 heterocycles. The van der Waals surface area contributed by atoms with E-state index in [2.05, 4.69) is 17.4 Å². The minimum Gasteiger partial charge on any atom is -0.497 e. The maximum absolute atomic E-state index is 11.2. The summed E-state index contributed by atoms with van der Waals surface area (Å²) < 4.78 is 5.24. The molecule has 0 bridgehead atoms. The van der Waals surface area contributed by atoms with Crippen LogP contribution in [0, 0.1) is 5.92 Å². The molecular formula is C15H21NO2. The third-order valence-electron chi connectivity index (χ3n) is 3.63. The van der Waals surface area contributed by atoms with E-state index in [9.17, 15) is 4.79 Å². The second-order valence-electron chi connectivity index (χ2n) is 4.90. The van der Waals surface area contributed by atoms with Crippen LogP contribution in [0.25, 0.3) is 0 Å². The van der Waals surface area contributed by atoms with E-state index in [1.54, 1.807) is 7.11 Å². The molecule has 0 saturated heterocycles. The van der Waals surface area contributed by atoms with Crippen LogP contribution >= 0.6 is 0 Å². The predicted molar refractivity (Wildman–Crippen MR) is 71.8 cm³/mol. The molecule has 1 aromatic carbocycles. The van der Waals surface area contributed by atoms with Gasteiger partial charge >= 0.3 is 0 Å². The van der Waals surface area contributed by atoms with Gasteiger partial charge in [0, 0.05) is 13.0 Å². The molecule has 0 aromatic heterocycles. The fourth-order valence-corrected chi connectivity index (χ4v) is 2.56. The van der Waals surface area contributed by atoms with Crippen LogP contribution in [0.4, 0.5) is 0 Å². The molecule has 3 heteroatoms. The van der Waals surface area contributed by atoms with Gasteiger partial charge in [-0.25, -0.2) is 0 Å². The minimum atomic E-state index is 0.146. The Bertz CT molecular complexity index is 429. The van der Waals surface area contributed by atoms with Gasteiger partial charge in [-0.2, -0.15) is 0 Å². The molecule has 3 nitrogen and oxygen atoms in total. The smallest absolute Gasteiger partial charge is 0.219 e. The van der Waals surface area contributed by atoms with Gasteiger partial charge in [-0.05, 0) is 48.4 Å². The summed E-state index contributed by atoms with van der Waals surface area (Å²) in [5.74, 6) is 1.74. The summed E-state index contributed by atoms with van der Waals surface area (Å²) in [4.78, 5) is 11.2. The molecule has 1 aliphatic carbocycles. The predicted octanol–water partition coefficient (Wildman–Crippen LogP) is 2.33. The summed E-state index contributed by atoms with van der Waals surface area (Å²) in [6, 6.07) is 6.33. The van der Waals surface area contributed by atoms with Gasteiger partial charge in [0.15, 0.2) is 0 Å². The van der Waals surface area contributed by atoms with Gasteiger partial charge in [0.1, 0.15) is 5.75 Å². The maximum Gasteiger partial charge on any atom is 0.219 e. The van der Waals surface area contributed by atoms with Crippen LogP contribution in [0.1, 0.15) is 30.9 Å². The Morgan fingerprint density at radius 2 is 2.17 bits per heavy atom. The fraction of sp³-hybridized carbons (Fsp3) is 0.533. The molecule has 1 unspecified atom stereocenters. The van der Waals surface area contributed by atoms with E-state index in [1.165, 1.54) is 11.1 Å². The number of fused-ring (bicyclic) bond motifs is 1. The number of carbonyl (C=O) groups is 1. The number of hydrogen-bond acceptors (Lipinski definition) is 2. The van der Waals surface area contributed by atoms with Gasteiger partial charge in [-0.3, -0.25) is 4.79 Å². The molecule has 0 fully saturated rings. The van der Waals surface area contributed by atoms with E-state index < -0.39 is 0 Å². The molecule has 18 heavy (non-hydrogen) atoms. The first-order valence-corrected chi connectivity index (χ1v) is 6.65. The molecule has 0 radical (unpaired) electrons. The summed E-state index contributed by atoms with van der Waals surface area (Å²) in [5, 5.41) is 2.94. The van der Waals surface area contributed by atoms with E-state index in [0.717, 1.165) is 31.6 Å². The lowest BCUT2D eigenvalue weighted by atomic mass is 10.0. The third kappa shape index (κ3) is 3.03. The van der Waals surface area contributed by atoms with Gasteiger partial charge < -0.3 is 10.1 Å². The number of methoxy groups -OCH3 is 1. The van der Waals surface area contributed by atoms with Crippen molar-refractivity contribution >= 4 is 5.91 Å². The summed E-state index contributed by atoms with van der Waals surface area (Å²) in [7, 11) is 1.70. The van der Waals surface area contributed by atoms with Crippen molar-refractivity contribution in [3.63, 3.8) is 0 Å². The molecule has 1 N–H and O–H groups in total. The van der Waals surface area contributed by atoms with Crippen LogP contribution in [0.15, 0.2) is 18.2 Å². The first-order chi connectivity index (χ1) is 8.72. The van der Waals surface area contributed by atoms with Gasteiger partial charge in [0.05, 0.1) is 7.11 Å². The Kier molecular flexibility index (Phi) is 4.24. The van der Waals surface area contributed by atoms with Crippen LogP contribution in [0.3, 0.4) is 0 Å². The summed E-state index contributed by atoms with van der Waals surface area (Å²) in [5.41, 5.74) is 2.84. The lowest BCUT2D eigenvalue weighted by molar-refractivity contribution is -0.120. The molecule has 2 rings (SSSR count). The number of rotatable bonds is 5. The summed E-state index contributed by atoms with van der Waals surface area (Å²) >= 11 is 0. The van der Waals surface area contributed by atoms with Crippen molar-refractivity contribution in [3.8, 4) is 5.75 Å². The third-order valence-corrected chi connectivity index (χ3v) is 3.63. The first-order valence-electron chi connectivity index (χ1n) is 6.65. The number of ether oxygens (including phenoxy) is 1. The Labute approximate surface area is 109 Å². The second kappa shape index (κ2) is 5.89. The molecule has 1 atom stereocenters. The molecule has 1 aromatic rings. The zero-order chi connectivity index (χ0) is 13.0. The van der Waals surface area contributed by atoms with Crippen molar-refractivity contribution < 1.29 is 9.53 Å². The Morgan fingerprint density at radius 1 is 1.39 bits per heavy atom. The molecular weight excluding hydrogens is 226 g/mol. The van der Waals surface area contributed by atoms with Crippen LogP contribution in [-0.4, -0.2) is 19.6 Å². The van der Waals surface area contributed by atoms with E-state index in [0.29, 0.717) is 12.3 Å². The largest absolute Gasteiger partial charge is 0.497 e. The second-order valence-corrected chi connectivity index (χ2v) is 4.90. The quantitative estimate of drug-likeness (QED) is 0.867. The highest BCUT2D eigenvalue weighted by atomic mass is 16.5. The standard InChI is InChI=1S/C15H21NO2/c1-3-15(17)16-7-6-11-8-12-4-5-14(18-2)10-13(12)9-11/h4-5,10-11H,3,6-9H2,1-2H3,(H,16,17). The Hall–Kier alpha value is -1.51. The maximum atomic E-state index is 11.2. The normalized spacial score (nSPS) is 17.3. The van der Waals surface area contributed by atoms with Gasteiger partial charge in [-0.15, -0.1) is 0 Å². The average Bonchev–Trinajstić information content (AvgIpc) is 2.79. The topological polar surface area (TPSA) is 38.3 Å². The van der Waals surface area contributed by atoms with E-state index >= 15 is 0 Å². The Morgan fingerprint density at radius 3 is 2.89 bits per heavy atom. The van der Waals surface area contributed by atoms with Gasteiger partial charge in [-0.1, -0.05) is 13.0 Å². The highest BCUT2D eigenvalue weighted by Crippen LogP contribution is 2.31. The number of carbonyl (C=O) groups excluding carboxylic acids is 1. The molecule has 1 aliphatic rings. The summed E-state index contributed by atoms with van der Waals surface area (Å²) in [6.07, 6.45) is 3.86. The minimum absolute atomic E-state index is 0.146. The molecule has 0 spiro atoms. The van der Waals surface area contributed by atoms with Crippen LogP contribution in [-0.2, 0) is 17.6 Å². The zero-order valence-electron chi connectivity index (χ0n) is 11.2. The van der Waals surface area contributed by atoms with E-state index in [1.807, 2.05) is 13.0 Å². The number of benzene rings is 1. The average molecular weight is 247 g/mol. The monoisotopic (exact) mass is 247 g/mol. The van der Waals surface area contributed by atoms with Gasteiger partial charge in [0.25, 0.3) is 0 Å². The summed E-state index contributed by atoms with van der Waals surface area (Å²) in [6.45, 7) is 2.68. The van der Waals surface area contributed by atoms with Gasteiger partial charge in [0.2, 0.25) is 5.91 Å².